The van der Waals surface area contributed by atoms with Gasteiger partial charge in [0, 0.05) is 36.6 Å². The highest BCUT2D eigenvalue weighted by atomic mass is 79.9. The Bertz CT molecular complexity index is 698. The van der Waals surface area contributed by atoms with Gasteiger partial charge in [-0.3, -0.25) is 4.79 Å². The van der Waals surface area contributed by atoms with Crippen LogP contribution in [0.15, 0.2) is 34.9 Å². The van der Waals surface area contributed by atoms with Gasteiger partial charge in [0.2, 0.25) is 5.91 Å². The molecule has 1 aliphatic rings. The van der Waals surface area contributed by atoms with Crippen molar-refractivity contribution in [2.24, 2.45) is 5.73 Å². The Morgan fingerprint density at radius 2 is 2.12 bits per heavy atom. The number of nitrogens with two attached hydrogens (primary N) is 1. The number of carbonyl (C=O) groups is 1. The van der Waals surface area contributed by atoms with E-state index in [0.29, 0.717) is 6.54 Å². The number of fused-ring (bicyclic) bond motifs is 1. The molecule has 2 aromatic rings. The summed E-state index contributed by atoms with van der Waals surface area (Å²) < 4.78 is 3.20. The number of halogens is 1. The van der Waals surface area contributed by atoms with Crippen LogP contribution < -0.4 is 11.1 Å². The standard InChI is InChI=1S/C18H23BrN4O/c1-18(20,13-5-7-14(19)8-6-13)17(24)21-10-9-15-12-23-11-3-2-4-16(23)22-15/h5-8,12H,2-4,9-11,20H2,1H3,(H,21,24). The number of hydrogen-bond donors (Lipinski definition) is 2. The van der Waals surface area contributed by atoms with E-state index < -0.39 is 5.54 Å². The van der Waals surface area contributed by atoms with Crippen molar-refractivity contribution in [1.29, 1.82) is 0 Å². The molecule has 3 N–H and O–H groups in total. The van der Waals surface area contributed by atoms with Crippen LogP contribution in [-0.4, -0.2) is 22.0 Å². The molecule has 1 amide bonds. The third-order valence-corrected chi connectivity index (χ3v) is 5.07. The highest BCUT2D eigenvalue weighted by Crippen LogP contribution is 2.20. The maximum absolute atomic E-state index is 12.5. The van der Waals surface area contributed by atoms with E-state index in [1.807, 2.05) is 24.3 Å². The quantitative estimate of drug-likeness (QED) is 0.823. The number of rotatable bonds is 5. The number of amides is 1. The van der Waals surface area contributed by atoms with Gasteiger partial charge in [-0.15, -0.1) is 0 Å². The summed E-state index contributed by atoms with van der Waals surface area (Å²) in [7, 11) is 0. The minimum Gasteiger partial charge on any atom is -0.354 e. The first-order valence-electron chi connectivity index (χ1n) is 8.35. The van der Waals surface area contributed by atoms with Gasteiger partial charge in [0.1, 0.15) is 11.4 Å². The fourth-order valence-electron chi connectivity index (χ4n) is 3.01. The molecule has 1 unspecified atom stereocenters. The van der Waals surface area contributed by atoms with Crippen molar-refractivity contribution in [3.05, 3.63) is 52.0 Å². The Kier molecular flexibility index (Phi) is 5.06. The van der Waals surface area contributed by atoms with Gasteiger partial charge in [-0.1, -0.05) is 28.1 Å². The second kappa shape index (κ2) is 7.07. The molecule has 128 valence electrons. The van der Waals surface area contributed by atoms with E-state index in [4.69, 9.17) is 5.73 Å². The summed E-state index contributed by atoms with van der Waals surface area (Å²) in [5, 5.41) is 2.94. The second-order valence-corrected chi connectivity index (χ2v) is 7.43. The van der Waals surface area contributed by atoms with Crippen molar-refractivity contribution in [2.45, 2.75) is 44.7 Å². The average Bonchev–Trinajstić information content (AvgIpc) is 2.97. The Labute approximate surface area is 150 Å². The topological polar surface area (TPSA) is 72.9 Å². The molecule has 0 radical (unpaired) electrons. The van der Waals surface area contributed by atoms with Crippen LogP contribution >= 0.6 is 15.9 Å². The molecule has 3 rings (SSSR count). The fraction of sp³-hybridized carbons (Fsp3) is 0.444. The van der Waals surface area contributed by atoms with Crippen LogP contribution in [0.2, 0.25) is 0 Å². The van der Waals surface area contributed by atoms with E-state index >= 15 is 0 Å². The summed E-state index contributed by atoms with van der Waals surface area (Å²) in [6.45, 7) is 3.33. The highest BCUT2D eigenvalue weighted by molar-refractivity contribution is 9.10. The third kappa shape index (κ3) is 3.70. The summed E-state index contributed by atoms with van der Waals surface area (Å²) in [5.74, 6) is 0.995. The predicted molar refractivity (Wildman–Crippen MR) is 97.6 cm³/mol. The van der Waals surface area contributed by atoms with Crippen LogP contribution in [-0.2, 0) is 29.7 Å². The van der Waals surface area contributed by atoms with E-state index in [0.717, 1.165) is 35.1 Å². The molecule has 0 fully saturated rings. The summed E-state index contributed by atoms with van der Waals surface area (Å²) in [6, 6.07) is 7.52. The molecular formula is C18H23BrN4O. The number of carbonyl (C=O) groups excluding carboxylic acids is 1. The number of hydrogen-bond acceptors (Lipinski definition) is 3. The molecule has 1 aromatic carbocycles. The Balaban J connectivity index is 1.56. The molecule has 0 bridgehead atoms. The minimum absolute atomic E-state index is 0.172. The second-order valence-electron chi connectivity index (χ2n) is 6.51. The summed E-state index contributed by atoms with van der Waals surface area (Å²) in [5.41, 5.74) is 7.03. The molecule has 1 atom stereocenters. The van der Waals surface area contributed by atoms with Crippen LogP contribution in [0.5, 0.6) is 0 Å². The molecule has 24 heavy (non-hydrogen) atoms. The summed E-state index contributed by atoms with van der Waals surface area (Å²) in [4.78, 5) is 17.1. The maximum atomic E-state index is 12.5. The first-order chi connectivity index (χ1) is 11.5. The van der Waals surface area contributed by atoms with Crippen molar-refractivity contribution in [1.82, 2.24) is 14.9 Å². The van der Waals surface area contributed by atoms with Gasteiger partial charge >= 0.3 is 0 Å². The molecule has 6 heteroatoms. The lowest BCUT2D eigenvalue weighted by Gasteiger charge is -2.24. The lowest BCUT2D eigenvalue weighted by molar-refractivity contribution is -0.126. The monoisotopic (exact) mass is 390 g/mol. The Morgan fingerprint density at radius 3 is 2.83 bits per heavy atom. The van der Waals surface area contributed by atoms with E-state index in [9.17, 15) is 4.79 Å². The fourth-order valence-corrected chi connectivity index (χ4v) is 3.27. The van der Waals surface area contributed by atoms with Crippen LogP contribution in [0.25, 0.3) is 0 Å². The van der Waals surface area contributed by atoms with Crippen molar-refractivity contribution in [3.8, 4) is 0 Å². The van der Waals surface area contributed by atoms with Crippen molar-refractivity contribution >= 4 is 21.8 Å². The average molecular weight is 391 g/mol. The smallest absolute Gasteiger partial charge is 0.244 e. The number of aryl methyl sites for hydroxylation is 2. The lowest BCUT2D eigenvalue weighted by Crippen LogP contribution is -2.49. The SMILES string of the molecule is CC(N)(C(=O)NCCc1cn2c(n1)CCCC2)c1ccc(Br)cc1. The molecule has 1 aromatic heterocycles. The van der Waals surface area contributed by atoms with Crippen LogP contribution in [0.3, 0.4) is 0 Å². The summed E-state index contributed by atoms with van der Waals surface area (Å²) in [6.07, 6.45) is 6.32. The molecule has 0 saturated heterocycles. The van der Waals surface area contributed by atoms with E-state index in [1.54, 1.807) is 6.92 Å². The van der Waals surface area contributed by atoms with Gasteiger partial charge < -0.3 is 15.6 Å². The molecule has 2 heterocycles. The Hall–Kier alpha value is -1.66. The third-order valence-electron chi connectivity index (χ3n) is 4.54. The highest BCUT2D eigenvalue weighted by Gasteiger charge is 2.30. The van der Waals surface area contributed by atoms with Gasteiger partial charge in [-0.2, -0.15) is 0 Å². The number of benzene rings is 1. The largest absolute Gasteiger partial charge is 0.354 e. The lowest BCUT2D eigenvalue weighted by atomic mass is 9.92. The zero-order chi connectivity index (χ0) is 17.2. The number of imidazole rings is 1. The number of nitrogens with one attached hydrogen (secondary N) is 1. The zero-order valence-corrected chi connectivity index (χ0v) is 15.5. The van der Waals surface area contributed by atoms with Gasteiger partial charge in [-0.05, 0) is 37.5 Å². The predicted octanol–water partition coefficient (Wildman–Crippen LogP) is 2.51. The van der Waals surface area contributed by atoms with Crippen molar-refractivity contribution in [2.75, 3.05) is 6.54 Å². The molecule has 1 aliphatic heterocycles. The van der Waals surface area contributed by atoms with E-state index in [2.05, 4.69) is 37.0 Å². The first kappa shape index (κ1) is 17.2. The Morgan fingerprint density at radius 1 is 1.38 bits per heavy atom. The van der Waals surface area contributed by atoms with Crippen molar-refractivity contribution in [3.63, 3.8) is 0 Å². The van der Waals surface area contributed by atoms with E-state index in [-0.39, 0.29) is 5.91 Å². The normalized spacial score (nSPS) is 16.3. The van der Waals surface area contributed by atoms with Crippen LogP contribution in [0, 0.1) is 0 Å². The first-order valence-corrected chi connectivity index (χ1v) is 9.14. The summed E-state index contributed by atoms with van der Waals surface area (Å²) >= 11 is 3.39. The molecule has 5 nitrogen and oxygen atoms in total. The zero-order valence-electron chi connectivity index (χ0n) is 13.9. The van der Waals surface area contributed by atoms with Gasteiger partial charge in [0.25, 0.3) is 0 Å². The molecule has 0 aliphatic carbocycles. The van der Waals surface area contributed by atoms with Gasteiger partial charge in [0.15, 0.2) is 0 Å². The van der Waals surface area contributed by atoms with Gasteiger partial charge in [0.05, 0.1) is 5.69 Å². The van der Waals surface area contributed by atoms with E-state index in [1.165, 1.54) is 18.7 Å². The van der Waals surface area contributed by atoms with Crippen LogP contribution in [0.1, 0.15) is 36.8 Å². The number of aromatic nitrogens is 2. The van der Waals surface area contributed by atoms with Crippen LogP contribution in [0.4, 0.5) is 0 Å². The minimum atomic E-state index is -1.05. The molecule has 0 saturated carbocycles. The van der Waals surface area contributed by atoms with Gasteiger partial charge in [-0.25, -0.2) is 4.98 Å². The molecular weight excluding hydrogens is 368 g/mol. The maximum Gasteiger partial charge on any atom is 0.244 e. The molecule has 0 spiro atoms. The van der Waals surface area contributed by atoms with Crippen molar-refractivity contribution < 1.29 is 4.79 Å². The number of nitrogens with zero attached hydrogens (tertiary/aromatic N) is 2.